The molecule has 0 bridgehead atoms. The van der Waals surface area contributed by atoms with Gasteiger partial charge < -0.3 is 15.5 Å². The van der Waals surface area contributed by atoms with Crippen LogP contribution >= 0.6 is 0 Å². The van der Waals surface area contributed by atoms with Crippen LogP contribution in [0.25, 0.3) is 0 Å². The fourth-order valence-electron chi connectivity index (χ4n) is 1.54. The molecule has 0 aliphatic heterocycles. The molecule has 1 rings (SSSR count). The monoisotopic (exact) mass is 263 g/mol. The number of hydrogen-bond acceptors (Lipinski definition) is 3. The molecule has 1 amide bonds. The van der Waals surface area contributed by atoms with Crippen LogP contribution < -0.4 is 5.32 Å². The summed E-state index contributed by atoms with van der Waals surface area (Å²) >= 11 is 0. The quantitative estimate of drug-likeness (QED) is 0.678. The van der Waals surface area contributed by atoms with Crippen molar-refractivity contribution < 1.29 is 19.8 Å². The molecule has 1 aromatic carbocycles. The van der Waals surface area contributed by atoms with E-state index in [-0.39, 0.29) is 24.5 Å². The zero-order chi connectivity index (χ0) is 14.3. The number of nitrogens with one attached hydrogen (secondary N) is 1. The SMILES string of the molecule is C/C=C/CC(NC(=O)Cc1ccc(O)cc1)C(=O)O. The average Bonchev–Trinajstić information content (AvgIpc) is 2.37. The van der Waals surface area contributed by atoms with E-state index in [4.69, 9.17) is 10.2 Å². The van der Waals surface area contributed by atoms with Crippen molar-refractivity contribution in [1.29, 1.82) is 0 Å². The summed E-state index contributed by atoms with van der Waals surface area (Å²) in [5.41, 5.74) is 0.713. The standard InChI is InChI=1S/C14H17NO4/c1-2-3-4-12(14(18)19)15-13(17)9-10-5-7-11(16)8-6-10/h2-3,5-8,12,16H,4,9H2,1H3,(H,15,17)(H,18,19)/b3-2+. The van der Waals surface area contributed by atoms with Gasteiger partial charge in [-0.3, -0.25) is 4.79 Å². The van der Waals surface area contributed by atoms with Crippen molar-refractivity contribution in [1.82, 2.24) is 5.32 Å². The Morgan fingerprint density at radius 3 is 2.47 bits per heavy atom. The number of carbonyl (C=O) groups is 2. The Morgan fingerprint density at radius 1 is 1.32 bits per heavy atom. The third-order valence-corrected chi connectivity index (χ3v) is 2.54. The van der Waals surface area contributed by atoms with Gasteiger partial charge in [-0.25, -0.2) is 4.79 Å². The predicted molar refractivity (Wildman–Crippen MR) is 70.8 cm³/mol. The van der Waals surface area contributed by atoms with Crippen molar-refractivity contribution in [2.24, 2.45) is 0 Å². The molecular formula is C14H17NO4. The molecule has 102 valence electrons. The smallest absolute Gasteiger partial charge is 0.326 e. The van der Waals surface area contributed by atoms with Crippen molar-refractivity contribution >= 4 is 11.9 Å². The van der Waals surface area contributed by atoms with E-state index in [1.54, 1.807) is 31.2 Å². The minimum absolute atomic E-state index is 0.0832. The molecule has 0 saturated heterocycles. The normalized spacial score (nSPS) is 12.3. The van der Waals surface area contributed by atoms with Crippen molar-refractivity contribution in [3.63, 3.8) is 0 Å². The van der Waals surface area contributed by atoms with E-state index in [9.17, 15) is 9.59 Å². The largest absolute Gasteiger partial charge is 0.508 e. The molecular weight excluding hydrogens is 246 g/mol. The second-order valence-corrected chi connectivity index (χ2v) is 4.11. The minimum Gasteiger partial charge on any atom is -0.508 e. The van der Waals surface area contributed by atoms with E-state index >= 15 is 0 Å². The number of aromatic hydroxyl groups is 1. The highest BCUT2D eigenvalue weighted by Gasteiger charge is 2.18. The van der Waals surface area contributed by atoms with E-state index in [0.717, 1.165) is 0 Å². The van der Waals surface area contributed by atoms with Gasteiger partial charge in [0, 0.05) is 0 Å². The number of amides is 1. The first kappa shape index (κ1) is 14.8. The molecule has 0 heterocycles. The van der Waals surface area contributed by atoms with Crippen molar-refractivity contribution in [3.05, 3.63) is 42.0 Å². The fourth-order valence-corrected chi connectivity index (χ4v) is 1.54. The van der Waals surface area contributed by atoms with Crippen LogP contribution in [0.4, 0.5) is 0 Å². The summed E-state index contributed by atoms with van der Waals surface area (Å²) in [6.07, 6.45) is 3.77. The molecule has 5 nitrogen and oxygen atoms in total. The van der Waals surface area contributed by atoms with Gasteiger partial charge in [-0.2, -0.15) is 0 Å². The van der Waals surface area contributed by atoms with Gasteiger partial charge in [0.05, 0.1) is 6.42 Å². The van der Waals surface area contributed by atoms with Gasteiger partial charge in [-0.05, 0) is 31.0 Å². The third kappa shape index (κ3) is 5.25. The lowest BCUT2D eigenvalue weighted by molar-refractivity contribution is -0.141. The van der Waals surface area contributed by atoms with Crippen LogP contribution in [0.15, 0.2) is 36.4 Å². The number of carboxylic acid groups (broad SMARTS) is 1. The summed E-state index contributed by atoms with van der Waals surface area (Å²) in [4.78, 5) is 22.7. The Bertz CT molecular complexity index is 465. The summed E-state index contributed by atoms with van der Waals surface area (Å²) in [6, 6.07) is 5.29. The predicted octanol–water partition coefficient (Wildman–Crippen LogP) is 1.47. The van der Waals surface area contributed by atoms with Crippen LogP contribution in [0.3, 0.4) is 0 Å². The first-order chi connectivity index (χ1) is 9.02. The summed E-state index contributed by atoms with van der Waals surface area (Å²) < 4.78 is 0. The maximum absolute atomic E-state index is 11.7. The maximum atomic E-state index is 11.7. The number of carbonyl (C=O) groups excluding carboxylic acids is 1. The molecule has 0 spiro atoms. The van der Waals surface area contributed by atoms with E-state index in [0.29, 0.717) is 5.56 Å². The molecule has 19 heavy (non-hydrogen) atoms. The summed E-state index contributed by atoms with van der Waals surface area (Å²) in [6.45, 7) is 1.79. The second kappa shape index (κ2) is 7.20. The Hall–Kier alpha value is -2.30. The number of hydrogen-bond donors (Lipinski definition) is 3. The molecule has 1 unspecified atom stereocenters. The molecule has 0 fully saturated rings. The lowest BCUT2D eigenvalue weighted by Gasteiger charge is -2.12. The Kier molecular flexibility index (Phi) is 5.60. The van der Waals surface area contributed by atoms with Crippen LogP contribution in [0.1, 0.15) is 18.9 Å². The number of benzene rings is 1. The van der Waals surface area contributed by atoms with Crippen molar-refractivity contribution in [3.8, 4) is 5.75 Å². The van der Waals surface area contributed by atoms with Crippen LogP contribution in [-0.4, -0.2) is 28.1 Å². The number of carboxylic acids is 1. The zero-order valence-electron chi connectivity index (χ0n) is 10.7. The lowest BCUT2D eigenvalue weighted by atomic mass is 10.1. The first-order valence-electron chi connectivity index (χ1n) is 5.94. The number of aliphatic carboxylic acids is 1. The van der Waals surface area contributed by atoms with Crippen LogP contribution in [-0.2, 0) is 16.0 Å². The van der Waals surface area contributed by atoms with Gasteiger partial charge in [0.1, 0.15) is 11.8 Å². The van der Waals surface area contributed by atoms with Crippen LogP contribution in [0.5, 0.6) is 5.75 Å². The molecule has 1 atom stereocenters. The fraction of sp³-hybridized carbons (Fsp3) is 0.286. The summed E-state index contributed by atoms with van der Waals surface area (Å²) in [7, 11) is 0. The maximum Gasteiger partial charge on any atom is 0.326 e. The lowest BCUT2D eigenvalue weighted by Crippen LogP contribution is -2.41. The molecule has 0 aromatic heterocycles. The van der Waals surface area contributed by atoms with Gasteiger partial charge in [0.15, 0.2) is 0 Å². The zero-order valence-corrected chi connectivity index (χ0v) is 10.7. The summed E-state index contributed by atoms with van der Waals surface area (Å²) in [5.74, 6) is -1.29. The highest BCUT2D eigenvalue weighted by Crippen LogP contribution is 2.10. The molecule has 0 radical (unpaired) electrons. The highest BCUT2D eigenvalue weighted by atomic mass is 16.4. The van der Waals surface area contributed by atoms with Crippen molar-refractivity contribution in [2.75, 3.05) is 0 Å². The van der Waals surface area contributed by atoms with E-state index in [1.165, 1.54) is 12.1 Å². The summed E-state index contributed by atoms with van der Waals surface area (Å²) in [5, 5.41) is 20.6. The van der Waals surface area contributed by atoms with E-state index in [1.807, 2.05) is 0 Å². The molecule has 5 heteroatoms. The molecule has 0 saturated carbocycles. The van der Waals surface area contributed by atoms with Gasteiger partial charge in [-0.15, -0.1) is 0 Å². The van der Waals surface area contributed by atoms with Gasteiger partial charge in [-0.1, -0.05) is 24.3 Å². The van der Waals surface area contributed by atoms with Gasteiger partial charge >= 0.3 is 5.97 Å². The highest BCUT2D eigenvalue weighted by molar-refractivity contribution is 5.84. The van der Waals surface area contributed by atoms with Crippen LogP contribution in [0.2, 0.25) is 0 Å². The first-order valence-corrected chi connectivity index (χ1v) is 5.94. The average molecular weight is 263 g/mol. The molecule has 1 aromatic rings. The van der Waals surface area contributed by atoms with E-state index < -0.39 is 12.0 Å². The number of phenols is 1. The Balaban J connectivity index is 2.57. The molecule has 0 aliphatic carbocycles. The minimum atomic E-state index is -1.06. The Labute approximate surface area is 111 Å². The van der Waals surface area contributed by atoms with Crippen LogP contribution in [0, 0.1) is 0 Å². The van der Waals surface area contributed by atoms with Gasteiger partial charge in [0.2, 0.25) is 5.91 Å². The topological polar surface area (TPSA) is 86.6 Å². The third-order valence-electron chi connectivity index (χ3n) is 2.54. The van der Waals surface area contributed by atoms with Gasteiger partial charge in [0.25, 0.3) is 0 Å². The molecule has 3 N–H and O–H groups in total. The van der Waals surface area contributed by atoms with E-state index in [2.05, 4.69) is 5.32 Å². The number of phenolic OH excluding ortho intramolecular Hbond substituents is 1. The Morgan fingerprint density at radius 2 is 1.95 bits per heavy atom. The van der Waals surface area contributed by atoms with Crippen molar-refractivity contribution in [2.45, 2.75) is 25.8 Å². The molecule has 0 aliphatic rings. The number of rotatable bonds is 6. The number of allylic oxidation sites excluding steroid dienone is 1. The second-order valence-electron chi connectivity index (χ2n) is 4.11.